The van der Waals surface area contributed by atoms with Gasteiger partial charge in [0.15, 0.2) is 0 Å². The van der Waals surface area contributed by atoms with Gasteiger partial charge in [0.1, 0.15) is 24.1 Å². The van der Waals surface area contributed by atoms with E-state index >= 15 is 0 Å². The summed E-state index contributed by atoms with van der Waals surface area (Å²) in [4.78, 5) is 28.0. The summed E-state index contributed by atoms with van der Waals surface area (Å²) in [5.41, 5.74) is 2.56. The Morgan fingerprint density at radius 1 is 0.912 bits per heavy atom. The predicted octanol–water partition coefficient (Wildman–Crippen LogP) is 4.59. The Hall–Kier alpha value is -3.80. The number of hydrogen-bond acceptors (Lipinski definition) is 4. The van der Waals surface area contributed by atoms with E-state index in [0.717, 1.165) is 29.7 Å². The summed E-state index contributed by atoms with van der Waals surface area (Å²) in [5.74, 6) is 1.17. The molecule has 3 aromatic carbocycles. The van der Waals surface area contributed by atoms with Gasteiger partial charge in [-0.05, 0) is 66.8 Å². The molecule has 3 aromatic rings. The standard InChI is InChI=1S/C28H30N2O4/c1-33-24-16-12-23(13-17-24)28(32)30(26-9-5-6-18-29-27(26)31)19-21-10-14-25(15-11-21)34-20-22-7-3-2-4-8-22/h2-4,7-8,10-17,26H,5-6,9,18-20H2,1H3,(H,29,31). The van der Waals surface area contributed by atoms with Gasteiger partial charge in [0, 0.05) is 18.7 Å². The molecule has 0 radical (unpaired) electrons. The van der Waals surface area contributed by atoms with Crippen molar-refractivity contribution in [3.8, 4) is 11.5 Å². The lowest BCUT2D eigenvalue weighted by Crippen LogP contribution is -2.48. The van der Waals surface area contributed by atoms with Crippen LogP contribution in [0.5, 0.6) is 11.5 Å². The first-order chi connectivity index (χ1) is 16.6. The number of ether oxygens (including phenoxy) is 2. The van der Waals surface area contributed by atoms with Crippen molar-refractivity contribution < 1.29 is 19.1 Å². The second-order valence-corrected chi connectivity index (χ2v) is 8.38. The molecule has 176 valence electrons. The fourth-order valence-electron chi connectivity index (χ4n) is 4.07. The molecule has 6 nitrogen and oxygen atoms in total. The smallest absolute Gasteiger partial charge is 0.254 e. The minimum Gasteiger partial charge on any atom is -0.497 e. The lowest BCUT2D eigenvalue weighted by molar-refractivity contribution is -0.125. The van der Waals surface area contributed by atoms with Gasteiger partial charge < -0.3 is 19.7 Å². The largest absolute Gasteiger partial charge is 0.497 e. The third kappa shape index (κ3) is 5.95. The summed E-state index contributed by atoms with van der Waals surface area (Å²) in [6.07, 6.45) is 2.45. The number of nitrogens with one attached hydrogen (secondary N) is 1. The number of carbonyl (C=O) groups excluding carboxylic acids is 2. The van der Waals surface area contributed by atoms with Crippen molar-refractivity contribution >= 4 is 11.8 Å². The van der Waals surface area contributed by atoms with Gasteiger partial charge in [-0.25, -0.2) is 0 Å². The van der Waals surface area contributed by atoms with Gasteiger partial charge >= 0.3 is 0 Å². The number of methoxy groups -OCH3 is 1. The highest BCUT2D eigenvalue weighted by atomic mass is 16.5. The summed E-state index contributed by atoms with van der Waals surface area (Å²) in [6.45, 7) is 1.47. The lowest BCUT2D eigenvalue weighted by atomic mass is 10.0. The number of benzene rings is 3. The molecule has 0 bridgehead atoms. The molecule has 0 aliphatic carbocycles. The van der Waals surface area contributed by atoms with E-state index in [-0.39, 0.29) is 11.8 Å². The minimum absolute atomic E-state index is 0.0952. The van der Waals surface area contributed by atoms with E-state index in [9.17, 15) is 9.59 Å². The van der Waals surface area contributed by atoms with Crippen molar-refractivity contribution in [2.24, 2.45) is 0 Å². The fraction of sp³-hybridized carbons (Fsp3) is 0.286. The van der Waals surface area contributed by atoms with E-state index in [1.807, 2.05) is 54.6 Å². The number of nitrogens with zero attached hydrogens (tertiary/aromatic N) is 1. The second kappa shape index (κ2) is 11.4. The molecule has 1 atom stereocenters. The topological polar surface area (TPSA) is 67.9 Å². The molecule has 0 spiro atoms. The predicted molar refractivity (Wildman–Crippen MR) is 131 cm³/mol. The third-order valence-corrected chi connectivity index (χ3v) is 6.00. The Bertz CT molecular complexity index is 1080. The van der Waals surface area contributed by atoms with Gasteiger partial charge in [0.25, 0.3) is 5.91 Å². The van der Waals surface area contributed by atoms with Crippen molar-refractivity contribution in [2.45, 2.75) is 38.5 Å². The number of carbonyl (C=O) groups is 2. The number of hydrogen-bond donors (Lipinski definition) is 1. The summed E-state index contributed by atoms with van der Waals surface area (Å²) in [7, 11) is 1.59. The van der Waals surface area contributed by atoms with Gasteiger partial charge in [-0.1, -0.05) is 42.5 Å². The average Bonchev–Trinajstić information content (AvgIpc) is 3.11. The van der Waals surface area contributed by atoms with Crippen LogP contribution in [0.15, 0.2) is 78.9 Å². The molecule has 1 heterocycles. The molecule has 4 rings (SSSR count). The van der Waals surface area contributed by atoms with Gasteiger partial charge in [0.05, 0.1) is 7.11 Å². The molecule has 1 aliphatic heterocycles. The van der Waals surface area contributed by atoms with Crippen LogP contribution in [0.1, 0.15) is 40.7 Å². The third-order valence-electron chi connectivity index (χ3n) is 6.00. The average molecular weight is 459 g/mol. The molecule has 0 saturated carbocycles. The van der Waals surface area contributed by atoms with Gasteiger partial charge in [-0.2, -0.15) is 0 Å². The van der Waals surface area contributed by atoms with E-state index in [1.165, 1.54) is 0 Å². The Morgan fingerprint density at radius 3 is 2.32 bits per heavy atom. The van der Waals surface area contributed by atoms with Crippen molar-refractivity contribution in [1.82, 2.24) is 10.2 Å². The molecule has 1 fully saturated rings. The maximum Gasteiger partial charge on any atom is 0.254 e. The fourth-order valence-corrected chi connectivity index (χ4v) is 4.07. The SMILES string of the molecule is COc1ccc(C(=O)N(Cc2ccc(OCc3ccccc3)cc2)C2CCCCNC2=O)cc1. The van der Waals surface area contributed by atoms with Crippen LogP contribution in [-0.2, 0) is 17.9 Å². The van der Waals surface area contributed by atoms with E-state index in [1.54, 1.807) is 36.3 Å². The van der Waals surface area contributed by atoms with Crippen LogP contribution >= 0.6 is 0 Å². The number of amides is 2. The highest BCUT2D eigenvalue weighted by molar-refractivity contribution is 5.97. The molecule has 1 saturated heterocycles. The van der Waals surface area contributed by atoms with Crippen LogP contribution in [-0.4, -0.2) is 36.4 Å². The van der Waals surface area contributed by atoms with Crippen LogP contribution in [0.3, 0.4) is 0 Å². The Kier molecular flexibility index (Phi) is 7.81. The molecule has 34 heavy (non-hydrogen) atoms. The van der Waals surface area contributed by atoms with Crippen molar-refractivity contribution in [2.75, 3.05) is 13.7 Å². The van der Waals surface area contributed by atoms with Gasteiger partial charge in [0.2, 0.25) is 5.91 Å². The molecular formula is C28H30N2O4. The van der Waals surface area contributed by atoms with E-state index in [0.29, 0.717) is 37.4 Å². The molecule has 1 aliphatic rings. The van der Waals surface area contributed by atoms with Crippen LogP contribution < -0.4 is 14.8 Å². The quantitative estimate of drug-likeness (QED) is 0.536. The van der Waals surface area contributed by atoms with Crippen molar-refractivity contribution in [3.05, 3.63) is 95.6 Å². The van der Waals surface area contributed by atoms with Gasteiger partial charge in [-0.3, -0.25) is 9.59 Å². The first-order valence-corrected chi connectivity index (χ1v) is 11.6. The zero-order valence-corrected chi connectivity index (χ0v) is 19.4. The molecule has 1 unspecified atom stereocenters. The zero-order valence-electron chi connectivity index (χ0n) is 19.4. The lowest BCUT2D eigenvalue weighted by Gasteiger charge is -2.30. The Morgan fingerprint density at radius 2 is 1.62 bits per heavy atom. The number of rotatable bonds is 8. The van der Waals surface area contributed by atoms with Gasteiger partial charge in [-0.15, -0.1) is 0 Å². The normalized spacial score (nSPS) is 15.7. The van der Waals surface area contributed by atoms with Crippen molar-refractivity contribution in [3.63, 3.8) is 0 Å². The monoisotopic (exact) mass is 458 g/mol. The minimum atomic E-state index is -0.508. The summed E-state index contributed by atoms with van der Waals surface area (Å²) < 4.78 is 11.1. The van der Waals surface area contributed by atoms with Crippen LogP contribution in [0, 0.1) is 0 Å². The maximum atomic E-state index is 13.5. The molecule has 6 heteroatoms. The maximum absolute atomic E-state index is 13.5. The van der Waals surface area contributed by atoms with E-state index in [4.69, 9.17) is 9.47 Å². The Balaban J connectivity index is 1.51. The van der Waals surface area contributed by atoms with E-state index < -0.39 is 6.04 Å². The highest BCUT2D eigenvalue weighted by Crippen LogP contribution is 2.22. The van der Waals surface area contributed by atoms with Crippen LogP contribution in [0.25, 0.3) is 0 Å². The molecular weight excluding hydrogens is 428 g/mol. The molecule has 2 amide bonds. The summed E-state index contributed by atoms with van der Waals surface area (Å²) in [5, 5.41) is 2.95. The van der Waals surface area contributed by atoms with Crippen LogP contribution in [0.4, 0.5) is 0 Å². The Labute approximate surface area is 200 Å². The first-order valence-electron chi connectivity index (χ1n) is 11.6. The summed E-state index contributed by atoms with van der Waals surface area (Å²) in [6, 6.07) is 24.2. The molecule has 0 aromatic heterocycles. The van der Waals surface area contributed by atoms with Crippen LogP contribution in [0.2, 0.25) is 0 Å². The highest BCUT2D eigenvalue weighted by Gasteiger charge is 2.31. The first kappa shape index (κ1) is 23.4. The second-order valence-electron chi connectivity index (χ2n) is 8.38. The zero-order chi connectivity index (χ0) is 23.8. The summed E-state index contributed by atoms with van der Waals surface area (Å²) >= 11 is 0. The van der Waals surface area contributed by atoms with E-state index in [2.05, 4.69) is 5.32 Å². The van der Waals surface area contributed by atoms with Crippen molar-refractivity contribution in [1.29, 1.82) is 0 Å². The molecule has 1 N–H and O–H groups in total.